The van der Waals surface area contributed by atoms with Gasteiger partial charge in [-0.2, -0.15) is 4.31 Å². The van der Waals surface area contributed by atoms with E-state index in [1.54, 1.807) is 18.2 Å². The van der Waals surface area contributed by atoms with Crippen molar-refractivity contribution in [3.63, 3.8) is 0 Å². The van der Waals surface area contributed by atoms with Gasteiger partial charge in [-0.1, -0.05) is 6.07 Å². The molecule has 1 amide bonds. The molecule has 2 aliphatic heterocycles. The predicted molar refractivity (Wildman–Crippen MR) is 131 cm³/mol. The Bertz CT molecular complexity index is 1500. The number of aromatic nitrogens is 4. The Kier molecular flexibility index (Phi) is 5.27. The molecule has 9 nitrogen and oxygen atoms in total. The van der Waals surface area contributed by atoms with Gasteiger partial charge in [0.15, 0.2) is 5.82 Å². The number of nitrogens with one attached hydrogen (secondary N) is 1. The van der Waals surface area contributed by atoms with Crippen molar-refractivity contribution in [3.8, 4) is 11.5 Å². The van der Waals surface area contributed by atoms with Crippen molar-refractivity contribution in [2.75, 3.05) is 11.9 Å². The number of hydrogen-bond donors (Lipinski definition) is 1. The number of carbonyl (C=O) groups excluding carboxylic acids is 1. The number of sulfonamides is 1. The number of fused-ring (bicyclic) bond motifs is 2. The fourth-order valence-electron chi connectivity index (χ4n) is 5.14. The van der Waals surface area contributed by atoms with Crippen LogP contribution in [-0.2, 0) is 34.9 Å². The number of benzene rings is 1. The van der Waals surface area contributed by atoms with E-state index < -0.39 is 21.7 Å². The largest absolute Gasteiger partial charge is 0.306 e. The van der Waals surface area contributed by atoms with Crippen molar-refractivity contribution in [1.82, 2.24) is 24.1 Å². The highest BCUT2D eigenvalue weighted by atomic mass is 32.2. The van der Waals surface area contributed by atoms with E-state index in [9.17, 15) is 17.6 Å². The number of nitrogens with zero attached hydrogens (tertiary/aromatic N) is 5. The lowest BCUT2D eigenvalue weighted by Crippen LogP contribution is -2.38. The zero-order chi connectivity index (χ0) is 25.2. The van der Waals surface area contributed by atoms with Gasteiger partial charge < -0.3 is 9.88 Å². The summed E-state index contributed by atoms with van der Waals surface area (Å²) in [7, 11) is -3.35. The lowest BCUT2D eigenvalue weighted by Gasteiger charge is -2.28. The van der Waals surface area contributed by atoms with E-state index in [0.29, 0.717) is 42.9 Å². The number of amides is 1. The first-order valence-corrected chi connectivity index (χ1v) is 13.7. The van der Waals surface area contributed by atoms with Crippen LogP contribution in [0, 0.1) is 5.82 Å². The molecular formula is C25H27FN6O3S. The van der Waals surface area contributed by atoms with Gasteiger partial charge in [0.25, 0.3) is 5.91 Å². The fraction of sp³-hybridized carbons (Fsp3) is 0.440. The van der Waals surface area contributed by atoms with Gasteiger partial charge in [0.1, 0.15) is 23.2 Å². The van der Waals surface area contributed by atoms with Crippen LogP contribution in [0.4, 0.5) is 10.2 Å². The summed E-state index contributed by atoms with van der Waals surface area (Å²) in [6.07, 6.45) is 3.59. The molecule has 1 fully saturated rings. The molecule has 0 saturated heterocycles. The topological polar surface area (TPSA) is 110 Å². The van der Waals surface area contributed by atoms with E-state index in [2.05, 4.69) is 38.9 Å². The third kappa shape index (κ3) is 3.90. The van der Waals surface area contributed by atoms with Gasteiger partial charge in [0, 0.05) is 25.0 Å². The number of pyridine rings is 1. The summed E-state index contributed by atoms with van der Waals surface area (Å²) in [5.74, 6) is 0.508. The first kappa shape index (κ1) is 23.2. The molecule has 1 N–H and O–H groups in total. The highest BCUT2D eigenvalue weighted by Crippen LogP contribution is 2.36. The summed E-state index contributed by atoms with van der Waals surface area (Å²) in [4.78, 5) is 17.6. The Labute approximate surface area is 208 Å². The summed E-state index contributed by atoms with van der Waals surface area (Å²) in [5, 5.41) is 11.0. The average molecular weight is 511 g/mol. The van der Waals surface area contributed by atoms with E-state index >= 15 is 0 Å². The molecule has 0 unspecified atom stereocenters. The number of anilines is 1. The zero-order valence-electron chi connectivity index (χ0n) is 20.2. The maximum Gasteiger partial charge on any atom is 0.259 e. The maximum atomic E-state index is 14.9. The monoisotopic (exact) mass is 510 g/mol. The van der Waals surface area contributed by atoms with Gasteiger partial charge in [-0.15, -0.1) is 10.2 Å². The Morgan fingerprint density at radius 1 is 1.14 bits per heavy atom. The number of aryl methyl sites for hydroxylation is 1. The van der Waals surface area contributed by atoms with Crippen LogP contribution in [0.5, 0.6) is 0 Å². The molecule has 1 aromatic carbocycles. The number of rotatable bonds is 5. The third-order valence-electron chi connectivity index (χ3n) is 7.33. The SMILES string of the molecule is CC1(C)CCc2nnc(-c3cccc(NC(=O)c4cc5c(cc4F)CCN(S(=O)(=O)C4CC4)C5)n3)n21. The number of hydrogen-bond acceptors (Lipinski definition) is 6. The van der Waals surface area contributed by atoms with Gasteiger partial charge in [-0.05, 0) is 74.9 Å². The second-order valence-corrected chi connectivity index (χ2v) is 12.6. The first-order chi connectivity index (χ1) is 17.1. The second kappa shape index (κ2) is 8.17. The van der Waals surface area contributed by atoms with Crippen molar-refractivity contribution >= 4 is 21.7 Å². The summed E-state index contributed by atoms with van der Waals surface area (Å²) < 4.78 is 43.8. The molecule has 36 heavy (non-hydrogen) atoms. The van der Waals surface area contributed by atoms with Crippen LogP contribution in [0.15, 0.2) is 30.3 Å². The van der Waals surface area contributed by atoms with Gasteiger partial charge >= 0.3 is 0 Å². The van der Waals surface area contributed by atoms with Crippen LogP contribution in [0.25, 0.3) is 11.5 Å². The van der Waals surface area contributed by atoms with Crippen LogP contribution >= 0.6 is 0 Å². The average Bonchev–Trinajstić information content (AvgIpc) is 3.55. The van der Waals surface area contributed by atoms with Crippen LogP contribution in [0.3, 0.4) is 0 Å². The summed E-state index contributed by atoms with van der Waals surface area (Å²) in [5.41, 5.74) is 1.67. The summed E-state index contributed by atoms with van der Waals surface area (Å²) in [6, 6.07) is 8.00. The van der Waals surface area contributed by atoms with Crippen molar-refractivity contribution < 1.29 is 17.6 Å². The summed E-state index contributed by atoms with van der Waals surface area (Å²) in [6.45, 7) is 4.72. The standard InChI is InChI=1S/C25H27FN6O3S/c1-25(2)10-8-22-29-30-23(32(22)25)20-4-3-5-21(27-20)28-24(33)18-12-16-14-31(36(34,35)17-6-7-17)11-9-15(16)13-19(18)26/h3-5,12-13,17H,6-11,14H2,1-2H3,(H,27,28,33). The Balaban J connectivity index is 1.25. The van der Waals surface area contributed by atoms with Gasteiger partial charge in [-0.25, -0.2) is 17.8 Å². The summed E-state index contributed by atoms with van der Waals surface area (Å²) >= 11 is 0. The lowest BCUT2D eigenvalue weighted by molar-refractivity contribution is 0.102. The quantitative estimate of drug-likeness (QED) is 0.564. The zero-order valence-corrected chi connectivity index (χ0v) is 21.0. The van der Waals surface area contributed by atoms with E-state index in [1.165, 1.54) is 16.4 Å². The first-order valence-electron chi connectivity index (χ1n) is 12.2. The molecular weight excluding hydrogens is 483 g/mol. The molecule has 2 aromatic heterocycles. The van der Waals surface area contributed by atoms with Crippen LogP contribution in [0.2, 0.25) is 0 Å². The molecule has 0 spiro atoms. The predicted octanol–water partition coefficient (Wildman–Crippen LogP) is 3.26. The Morgan fingerprint density at radius 3 is 2.72 bits per heavy atom. The van der Waals surface area contributed by atoms with E-state index in [4.69, 9.17) is 0 Å². The van der Waals surface area contributed by atoms with Crippen molar-refractivity contribution in [2.24, 2.45) is 0 Å². The van der Waals surface area contributed by atoms with Crippen molar-refractivity contribution in [1.29, 1.82) is 0 Å². The third-order valence-corrected chi connectivity index (χ3v) is 9.68. The molecule has 3 aromatic rings. The second-order valence-electron chi connectivity index (χ2n) is 10.4. The fourth-order valence-corrected chi connectivity index (χ4v) is 6.96. The normalized spacial score (nSPS) is 19.1. The minimum absolute atomic E-state index is 0.137. The highest BCUT2D eigenvalue weighted by molar-refractivity contribution is 7.90. The number of halogens is 1. The smallest absolute Gasteiger partial charge is 0.259 e. The van der Waals surface area contributed by atoms with Crippen LogP contribution in [0.1, 0.15) is 60.4 Å². The van der Waals surface area contributed by atoms with E-state index in [0.717, 1.165) is 24.2 Å². The molecule has 1 aliphatic carbocycles. The minimum Gasteiger partial charge on any atom is -0.306 e. The molecule has 0 radical (unpaired) electrons. The maximum absolute atomic E-state index is 14.9. The lowest BCUT2D eigenvalue weighted by atomic mass is 9.97. The van der Waals surface area contributed by atoms with Crippen molar-refractivity contribution in [3.05, 3.63) is 58.7 Å². The highest BCUT2D eigenvalue weighted by Gasteiger charge is 2.41. The van der Waals surface area contributed by atoms with Crippen LogP contribution < -0.4 is 5.32 Å². The van der Waals surface area contributed by atoms with Crippen molar-refractivity contribution in [2.45, 2.75) is 63.3 Å². The van der Waals surface area contributed by atoms with Gasteiger partial charge in [0.2, 0.25) is 10.0 Å². The van der Waals surface area contributed by atoms with Gasteiger partial charge in [-0.3, -0.25) is 4.79 Å². The molecule has 4 heterocycles. The Hall–Kier alpha value is -3.18. The molecule has 188 valence electrons. The molecule has 3 aliphatic rings. The van der Waals surface area contributed by atoms with E-state index in [-0.39, 0.29) is 28.7 Å². The molecule has 0 atom stereocenters. The van der Waals surface area contributed by atoms with Crippen LogP contribution in [-0.4, -0.2) is 50.2 Å². The molecule has 0 bridgehead atoms. The minimum atomic E-state index is -3.35. The molecule has 6 rings (SSSR count). The molecule has 1 saturated carbocycles. The molecule has 11 heteroatoms. The Morgan fingerprint density at radius 2 is 1.94 bits per heavy atom. The van der Waals surface area contributed by atoms with E-state index in [1.807, 2.05) is 0 Å². The van der Waals surface area contributed by atoms with Gasteiger partial charge in [0.05, 0.1) is 10.8 Å². The number of carbonyl (C=O) groups is 1.